The molecule has 0 amide bonds. The molecule has 0 unspecified atom stereocenters. The summed E-state index contributed by atoms with van der Waals surface area (Å²) in [7, 11) is 0. The van der Waals surface area contributed by atoms with Crippen molar-refractivity contribution in [1.29, 1.82) is 0 Å². The van der Waals surface area contributed by atoms with Crippen LogP contribution in [0.15, 0.2) is 59.2 Å². The molecular weight excluding hydrogens is 326 g/mol. The summed E-state index contributed by atoms with van der Waals surface area (Å²) in [5.41, 5.74) is 5.70. The molecule has 1 aliphatic rings. The van der Waals surface area contributed by atoms with Crippen LogP contribution in [0.4, 0.5) is 11.6 Å². The Hall–Kier alpha value is -2.20. The van der Waals surface area contributed by atoms with Gasteiger partial charge in [-0.3, -0.25) is 0 Å². The molecule has 102 valence electrons. The van der Waals surface area contributed by atoms with Crippen LogP contribution in [-0.2, 0) is 6.42 Å². The van der Waals surface area contributed by atoms with E-state index in [-0.39, 0.29) is 0 Å². The lowest BCUT2D eigenvalue weighted by molar-refractivity contribution is 1.12. The maximum atomic E-state index is 4.68. The first-order chi connectivity index (χ1) is 10.3. The molecule has 0 saturated carbocycles. The van der Waals surface area contributed by atoms with Crippen molar-refractivity contribution >= 4 is 27.6 Å². The second-order valence-corrected chi connectivity index (χ2v) is 5.95. The van der Waals surface area contributed by atoms with Crippen LogP contribution in [0.1, 0.15) is 11.1 Å². The number of benzene rings is 2. The van der Waals surface area contributed by atoms with E-state index >= 15 is 0 Å². The van der Waals surface area contributed by atoms with Crippen molar-refractivity contribution in [2.24, 2.45) is 0 Å². The number of para-hydroxylation sites is 1. The molecule has 3 nitrogen and oxygen atoms in total. The van der Waals surface area contributed by atoms with Gasteiger partial charge in [-0.2, -0.15) is 0 Å². The summed E-state index contributed by atoms with van der Waals surface area (Å²) in [4.78, 5) is 9.10. The third-order valence-electron chi connectivity index (χ3n) is 3.60. The fraction of sp³-hybridized carbons (Fsp3) is 0.0588. The zero-order valence-corrected chi connectivity index (χ0v) is 12.8. The molecule has 0 radical (unpaired) electrons. The van der Waals surface area contributed by atoms with E-state index in [0.717, 1.165) is 22.3 Å². The Balaban J connectivity index is 1.72. The number of halogens is 1. The molecule has 1 heterocycles. The van der Waals surface area contributed by atoms with Crippen LogP contribution in [0.2, 0.25) is 0 Å². The monoisotopic (exact) mass is 337 g/mol. The maximum absolute atomic E-state index is 4.68. The van der Waals surface area contributed by atoms with Crippen molar-refractivity contribution in [3.63, 3.8) is 0 Å². The molecule has 2 aromatic carbocycles. The first-order valence-corrected chi connectivity index (χ1v) is 7.56. The summed E-state index contributed by atoms with van der Waals surface area (Å²) in [5.74, 6) is 0.635. The fourth-order valence-electron chi connectivity index (χ4n) is 2.62. The summed E-state index contributed by atoms with van der Waals surface area (Å²) in [6.07, 6.45) is 2.82. The second kappa shape index (κ2) is 4.97. The van der Waals surface area contributed by atoms with Crippen LogP contribution in [0.3, 0.4) is 0 Å². The van der Waals surface area contributed by atoms with Gasteiger partial charge in [-0.05, 0) is 29.8 Å². The van der Waals surface area contributed by atoms with Crippen molar-refractivity contribution in [1.82, 2.24) is 9.97 Å². The average Bonchev–Trinajstić information content (AvgIpc) is 2.85. The predicted octanol–water partition coefficient (Wildman–Crippen LogP) is 4.55. The van der Waals surface area contributed by atoms with Crippen LogP contribution in [0.5, 0.6) is 0 Å². The van der Waals surface area contributed by atoms with Gasteiger partial charge in [-0.1, -0.05) is 40.2 Å². The Labute approximate surface area is 131 Å². The summed E-state index contributed by atoms with van der Waals surface area (Å²) >= 11 is 3.52. The number of aromatic nitrogens is 2. The van der Waals surface area contributed by atoms with Gasteiger partial charge in [0.2, 0.25) is 5.95 Å². The first-order valence-electron chi connectivity index (χ1n) is 6.76. The molecule has 4 rings (SSSR count). The molecule has 0 spiro atoms. The minimum atomic E-state index is 0.635. The largest absolute Gasteiger partial charge is 0.324 e. The highest BCUT2D eigenvalue weighted by Crippen LogP contribution is 2.36. The van der Waals surface area contributed by atoms with E-state index in [0.29, 0.717) is 5.95 Å². The van der Waals surface area contributed by atoms with Crippen LogP contribution in [-0.4, -0.2) is 9.97 Å². The van der Waals surface area contributed by atoms with Crippen molar-refractivity contribution in [3.8, 4) is 11.3 Å². The number of nitrogens with zero attached hydrogens (tertiary/aromatic N) is 2. The topological polar surface area (TPSA) is 37.8 Å². The quantitative estimate of drug-likeness (QED) is 0.582. The zero-order valence-electron chi connectivity index (χ0n) is 11.2. The first kappa shape index (κ1) is 12.5. The van der Waals surface area contributed by atoms with Gasteiger partial charge >= 0.3 is 0 Å². The molecule has 0 bridgehead atoms. The highest BCUT2D eigenvalue weighted by atomic mass is 79.9. The van der Waals surface area contributed by atoms with Gasteiger partial charge in [0.15, 0.2) is 0 Å². The van der Waals surface area contributed by atoms with Crippen molar-refractivity contribution in [3.05, 3.63) is 70.3 Å². The number of nitrogens with one attached hydrogen (secondary N) is 1. The van der Waals surface area contributed by atoms with Crippen LogP contribution < -0.4 is 5.32 Å². The Morgan fingerprint density at radius 2 is 1.86 bits per heavy atom. The standard InChI is InChI=1S/C17H12BrN3/c18-13-6-7-15-11(9-13)8-12-10-19-17(21-16(12)15)20-14-4-2-1-3-5-14/h1-7,9-10H,8H2,(H,19,20,21). The van der Waals surface area contributed by atoms with Crippen LogP contribution in [0, 0.1) is 0 Å². The van der Waals surface area contributed by atoms with Gasteiger partial charge in [-0.25, -0.2) is 9.97 Å². The van der Waals surface area contributed by atoms with Gasteiger partial charge in [-0.15, -0.1) is 0 Å². The number of anilines is 2. The number of fused-ring (bicyclic) bond motifs is 3. The number of rotatable bonds is 2. The highest BCUT2D eigenvalue weighted by molar-refractivity contribution is 9.10. The Morgan fingerprint density at radius 3 is 2.71 bits per heavy atom. The third kappa shape index (κ3) is 2.32. The van der Waals surface area contributed by atoms with E-state index in [1.165, 1.54) is 16.7 Å². The SMILES string of the molecule is Brc1ccc2c(c1)Cc1cnc(Nc3ccccc3)nc1-2. The Kier molecular flexibility index (Phi) is 2.97. The van der Waals surface area contributed by atoms with E-state index in [1.807, 2.05) is 36.5 Å². The fourth-order valence-corrected chi connectivity index (χ4v) is 3.03. The van der Waals surface area contributed by atoms with Gasteiger partial charge < -0.3 is 5.32 Å². The lowest BCUT2D eigenvalue weighted by Gasteiger charge is -2.06. The molecule has 3 aromatic rings. The van der Waals surface area contributed by atoms with E-state index in [9.17, 15) is 0 Å². The smallest absolute Gasteiger partial charge is 0.227 e. The van der Waals surface area contributed by atoms with Gasteiger partial charge in [0.1, 0.15) is 0 Å². The zero-order chi connectivity index (χ0) is 14.2. The van der Waals surface area contributed by atoms with Crippen molar-refractivity contribution in [2.75, 3.05) is 5.32 Å². The predicted molar refractivity (Wildman–Crippen MR) is 87.7 cm³/mol. The molecule has 0 aliphatic heterocycles. The molecule has 1 N–H and O–H groups in total. The van der Waals surface area contributed by atoms with E-state index < -0.39 is 0 Å². The molecular formula is C17H12BrN3. The summed E-state index contributed by atoms with van der Waals surface area (Å²) in [6, 6.07) is 16.3. The lowest BCUT2D eigenvalue weighted by Crippen LogP contribution is -1.98. The van der Waals surface area contributed by atoms with Crippen molar-refractivity contribution in [2.45, 2.75) is 6.42 Å². The molecule has 1 aromatic heterocycles. The normalized spacial score (nSPS) is 11.9. The van der Waals surface area contributed by atoms with Crippen LogP contribution >= 0.6 is 15.9 Å². The summed E-state index contributed by atoms with van der Waals surface area (Å²) in [5, 5.41) is 3.24. The molecule has 4 heteroatoms. The molecule has 0 atom stereocenters. The minimum absolute atomic E-state index is 0.635. The van der Waals surface area contributed by atoms with Gasteiger partial charge in [0.05, 0.1) is 5.69 Å². The second-order valence-electron chi connectivity index (χ2n) is 5.04. The van der Waals surface area contributed by atoms with Gasteiger partial charge in [0, 0.05) is 33.9 Å². The molecule has 1 aliphatic carbocycles. The molecule has 21 heavy (non-hydrogen) atoms. The maximum Gasteiger partial charge on any atom is 0.227 e. The Morgan fingerprint density at radius 1 is 1.00 bits per heavy atom. The van der Waals surface area contributed by atoms with E-state index in [1.54, 1.807) is 0 Å². The molecule has 0 saturated heterocycles. The average molecular weight is 338 g/mol. The Bertz CT molecular complexity index is 816. The summed E-state index contributed by atoms with van der Waals surface area (Å²) in [6.45, 7) is 0. The highest BCUT2D eigenvalue weighted by Gasteiger charge is 2.21. The summed E-state index contributed by atoms with van der Waals surface area (Å²) < 4.78 is 1.10. The van der Waals surface area contributed by atoms with Crippen LogP contribution in [0.25, 0.3) is 11.3 Å². The minimum Gasteiger partial charge on any atom is -0.324 e. The van der Waals surface area contributed by atoms with E-state index in [4.69, 9.17) is 0 Å². The molecule has 0 fully saturated rings. The number of hydrogen-bond donors (Lipinski definition) is 1. The van der Waals surface area contributed by atoms with E-state index in [2.05, 4.69) is 49.4 Å². The third-order valence-corrected chi connectivity index (χ3v) is 4.09. The number of hydrogen-bond acceptors (Lipinski definition) is 3. The lowest BCUT2D eigenvalue weighted by atomic mass is 10.1. The van der Waals surface area contributed by atoms with Gasteiger partial charge in [0.25, 0.3) is 0 Å². The van der Waals surface area contributed by atoms with Crippen molar-refractivity contribution < 1.29 is 0 Å².